The van der Waals surface area contributed by atoms with Crippen LogP contribution in [0.4, 0.5) is 0 Å². The summed E-state index contributed by atoms with van der Waals surface area (Å²) in [6, 6.07) is 4.10. The largest absolute Gasteiger partial charge is 0.346 e. The van der Waals surface area contributed by atoms with Gasteiger partial charge < -0.3 is 9.47 Å². The summed E-state index contributed by atoms with van der Waals surface area (Å²) in [5, 5.41) is 1.24. The summed E-state index contributed by atoms with van der Waals surface area (Å²) in [4.78, 5) is 7.46. The number of H-pyrrole nitrogens is 1. The van der Waals surface area contributed by atoms with Gasteiger partial charge >= 0.3 is 0 Å². The lowest BCUT2D eigenvalue weighted by Gasteiger charge is -2.23. The second-order valence-corrected chi connectivity index (χ2v) is 4.66. The Balaban J connectivity index is 2.44. The fourth-order valence-corrected chi connectivity index (χ4v) is 1.65. The van der Waals surface area contributed by atoms with Gasteiger partial charge in [0.1, 0.15) is 12.2 Å². The number of fused-ring (bicyclic) bond motifs is 1. The lowest BCUT2D eigenvalue weighted by Crippen LogP contribution is -2.33. The minimum Gasteiger partial charge on any atom is -0.346 e. The lowest BCUT2D eigenvalue weighted by atomic mass is 10.2. The molecule has 2 rings (SSSR count). The number of rotatable bonds is 2. The fraction of sp³-hybridized carbons (Fsp3) is 0.364. The van der Waals surface area contributed by atoms with Crippen LogP contribution in [0.5, 0.6) is 0 Å². The Labute approximate surface area is 84.0 Å². The van der Waals surface area contributed by atoms with Gasteiger partial charge in [-0.05, 0) is 12.1 Å². The highest BCUT2D eigenvalue weighted by Crippen LogP contribution is 2.18. The number of nitrogens with one attached hydrogen (secondary N) is 1. The van der Waals surface area contributed by atoms with Crippen LogP contribution in [0.3, 0.4) is 0 Å². The lowest BCUT2D eigenvalue weighted by molar-refractivity contribution is -0.883. The Morgan fingerprint density at radius 2 is 2.14 bits per heavy atom. The first-order valence-corrected chi connectivity index (χ1v) is 4.78. The molecular weight excluding hydrogens is 174 g/mol. The van der Waals surface area contributed by atoms with Crippen molar-refractivity contribution in [1.82, 2.24) is 9.97 Å². The first-order chi connectivity index (χ1) is 6.56. The number of nitrogens with zero attached hydrogens (tertiary/aromatic N) is 2. The number of quaternary nitrogens is 1. The van der Waals surface area contributed by atoms with E-state index in [-0.39, 0.29) is 0 Å². The molecule has 0 unspecified atom stereocenters. The van der Waals surface area contributed by atoms with E-state index in [4.69, 9.17) is 0 Å². The summed E-state index contributed by atoms with van der Waals surface area (Å²) in [5.74, 6) is 0. The minimum absolute atomic E-state index is 0.932. The molecule has 1 N–H and O–H groups in total. The number of hydrogen-bond donors (Lipinski definition) is 1. The van der Waals surface area contributed by atoms with E-state index in [0.29, 0.717) is 0 Å². The molecule has 0 saturated carbocycles. The van der Waals surface area contributed by atoms with Crippen molar-refractivity contribution < 1.29 is 4.48 Å². The third-order valence-corrected chi connectivity index (χ3v) is 2.18. The van der Waals surface area contributed by atoms with Gasteiger partial charge in [-0.1, -0.05) is 0 Å². The van der Waals surface area contributed by atoms with Crippen molar-refractivity contribution in [3.8, 4) is 0 Å². The summed E-state index contributed by atoms with van der Waals surface area (Å²) in [7, 11) is 6.57. The molecule has 2 aromatic heterocycles. The van der Waals surface area contributed by atoms with Gasteiger partial charge in [0, 0.05) is 23.3 Å². The molecule has 0 spiro atoms. The van der Waals surface area contributed by atoms with Crippen LogP contribution in [0.25, 0.3) is 11.0 Å². The molecule has 74 valence electrons. The van der Waals surface area contributed by atoms with E-state index in [1.807, 2.05) is 12.3 Å². The molecule has 14 heavy (non-hydrogen) atoms. The Morgan fingerprint density at radius 1 is 1.36 bits per heavy atom. The quantitative estimate of drug-likeness (QED) is 0.718. The molecule has 0 fully saturated rings. The molecule has 3 heteroatoms. The van der Waals surface area contributed by atoms with Gasteiger partial charge in [-0.15, -0.1) is 0 Å². The third kappa shape index (κ3) is 1.77. The van der Waals surface area contributed by atoms with E-state index < -0.39 is 0 Å². The highest BCUT2D eigenvalue weighted by Gasteiger charge is 2.12. The molecule has 0 saturated heterocycles. The Hall–Kier alpha value is -1.35. The number of hydrogen-bond acceptors (Lipinski definition) is 1. The zero-order valence-electron chi connectivity index (χ0n) is 8.91. The van der Waals surface area contributed by atoms with Crippen molar-refractivity contribution >= 4 is 11.0 Å². The number of aromatic amines is 1. The van der Waals surface area contributed by atoms with Crippen molar-refractivity contribution in [3.05, 3.63) is 30.1 Å². The molecule has 0 aliphatic carbocycles. The van der Waals surface area contributed by atoms with Gasteiger partial charge in [0.25, 0.3) is 0 Å². The molecule has 0 aromatic carbocycles. The van der Waals surface area contributed by atoms with Crippen LogP contribution in [-0.4, -0.2) is 35.6 Å². The average Bonchev–Trinajstić information content (AvgIpc) is 2.47. The predicted octanol–water partition coefficient (Wildman–Crippen LogP) is 1.77. The monoisotopic (exact) mass is 190 g/mol. The number of aromatic nitrogens is 2. The van der Waals surface area contributed by atoms with Crippen LogP contribution in [0.1, 0.15) is 5.56 Å². The van der Waals surface area contributed by atoms with E-state index in [1.54, 1.807) is 0 Å². The highest BCUT2D eigenvalue weighted by molar-refractivity contribution is 5.79. The first-order valence-electron chi connectivity index (χ1n) is 4.78. The smallest absolute Gasteiger partial charge is 0.137 e. The summed E-state index contributed by atoms with van der Waals surface area (Å²) in [6.07, 6.45) is 3.87. The van der Waals surface area contributed by atoms with E-state index in [0.717, 1.165) is 16.7 Å². The van der Waals surface area contributed by atoms with Crippen molar-refractivity contribution in [3.63, 3.8) is 0 Å². The number of pyridine rings is 1. The molecule has 0 aliphatic rings. The van der Waals surface area contributed by atoms with Gasteiger partial charge in [-0.2, -0.15) is 0 Å². The van der Waals surface area contributed by atoms with Crippen molar-refractivity contribution in [1.29, 1.82) is 0 Å². The van der Waals surface area contributed by atoms with E-state index in [2.05, 4.69) is 43.4 Å². The summed E-state index contributed by atoms with van der Waals surface area (Å²) in [5.41, 5.74) is 2.32. The molecule has 2 aromatic rings. The van der Waals surface area contributed by atoms with Crippen LogP contribution in [0, 0.1) is 0 Å². The second-order valence-electron chi connectivity index (χ2n) is 4.66. The van der Waals surface area contributed by atoms with Gasteiger partial charge in [0.05, 0.1) is 21.1 Å². The average molecular weight is 190 g/mol. The molecule has 0 atom stereocenters. The first kappa shape index (κ1) is 9.21. The molecule has 0 aliphatic heterocycles. The zero-order valence-corrected chi connectivity index (χ0v) is 8.91. The summed E-state index contributed by atoms with van der Waals surface area (Å²) >= 11 is 0. The molecule has 0 radical (unpaired) electrons. The standard InChI is InChI=1S/C11H16N3/c1-14(2,3)8-9-7-13-11-10(9)5-4-6-12-11/h4-7H,8H2,1-3H3,(H,12,13)/q+1. The second kappa shape index (κ2) is 3.10. The molecule has 0 amide bonds. The predicted molar refractivity (Wildman–Crippen MR) is 57.8 cm³/mol. The van der Waals surface area contributed by atoms with Gasteiger partial charge in [-0.3, -0.25) is 0 Å². The van der Waals surface area contributed by atoms with Crippen LogP contribution in [0.2, 0.25) is 0 Å². The van der Waals surface area contributed by atoms with Crippen molar-refractivity contribution in [2.45, 2.75) is 6.54 Å². The maximum atomic E-state index is 4.27. The third-order valence-electron chi connectivity index (χ3n) is 2.18. The maximum absolute atomic E-state index is 4.27. The summed E-state index contributed by atoms with van der Waals surface area (Å²) in [6.45, 7) is 1.02. The minimum atomic E-state index is 0.932. The summed E-state index contributed by atoms with van der Waals surface area (Å²) < 4.78 is 0.932. The van der Waals surface area contributed by atoms with Gasteiger partial charge in [-0.25, -0.2) is 4.98 Å². The van der Waals surface area contributed by atoms with Crippen LogP contribution < -0.4 is 0 Å². The van der Waals surface area contributed by atoms with E-state index >= 15 is 0 Å². The highest BCUT2D eigenvalue weighted by atomic mass is 15.3. The topological polar surface area (TPSA) is 28.7 Å². The Kier molecular flexibility index (Phi) is 2.04. The zero-order chi connectivity index (χ0) is 10.2. The van der Waals surface area contributed by atoms with E-state index in [1.165, 1.54) is 10.9 Å². The van der Waals surface area contributed by atoms with Crippen LogP contribution >= 0.6 is 0 Å². The molecule has 0 bridgehead atoms. The Bertz CT molecular complexity index is 437. The van der Waals surface area contributed by atoms with Crippen LogP contribution in [0.15, 0.2) is 24.5 Å². The van der Waals surface area contributed by atoms with Crippen molar-refractivity contribution in [2.75, 3.05) is 21.1 Å². The van der Waals surface area contributed by atoms with Gasteiger partial charge in [0.2, 0.25) is 0 Å². The normalized spacial score (nSPS) is 12.2. The maximum Gasteiger partial charge on any atom is 0.137 e. The van der Waals surface area contributed by atoms with E-state index in [9.17, 15) is 0 Å². The molecular formula is C11H16N3+. The molecule has 3 nitrogen and oxygen atoms in total. The SMILES string of the molecule is C[N+](C)(C)Cc1c[nH]c2ncccc12. The van der Waals surface area contributed by atoms with Crippen molar-refractivity contribution in [2.24, 2.45) is 0 Å². The molecule has 2 heterocycles. The fourth-order valence-electron chi connectivity index (χ4n) is 1.65. The van der Waals surface area contributed by atoms with Gasteiger partial charge in [0.15, 0.2) is 0 Å². The van der Waals surface area contributed by atoms with Crippen LogP contribution in [-0.2, 0) is 6.54 Å². The Morgan fingerprint density at radius 3 is 2.86 bits per heavy atom.